The van der Waals surface area contributed by atoms with E-state index in [2.05, 4.69) is 10.6 Å². The fourth-order valence-corrected chi connectivity index (χ4v) is 1.76. The summed E-state index contributed by atoms with van der Waals surface area (Å²) < 4.78 is 0. The molecule has 21 heavy (non-hydrogen) atoms. The molecule has 0 saturated heterocycles. The third-order valence-electron chi connectivity index (χ3n) is 3.70. The van der Waals surface area contributed by atoms with Crippen LogP contribution in [0.25, 0.3) is 0 Å². The second-order valence-electron chi connectivity index (χ2n) is 5.41. The zero-order valence-electron chi connectivity index (χ0n) is 13.0. The molecule has 0 spiro atoms. The van der Waals surface area contributed by atoms with Crippen LogP contribution in [0.5, 0.6) is 0 Å². The van der Waals surface area contributed by atoms with Gasteiger partial charge in [0.15, 0.2) is 0 Å². The van der Waals surface area contributed by atoms with Crippen LogP contribution >= 0.6 is 0 Å². The Morgan fingerprint density at radius 1 is 1.29 bits per heavy atom. The third kappa shape index (κ3) is 4.56. The highest BCUT2D eigenvalue weighted by Gasteiger charge is 2.29. The lowest BCUT2D eigenvalue weighted by Crippen LogP contribution is -2.39. The Labute approximate surface area is 126 Å². The van der Waals surface area contributed by atoms with Crippen molar-refractivity contribution >= 4 is 17.5 Å². The quantitative estimate of drug-likeness (QED) is 0.719. The fourth-order valence-electron chi connectivity index (χ4n) is 1.76. The first-order valence-corrected chi connectivity index (χ1v) is 7.36. The predicted octanol–water partition coefficient (Wildman–Crippen LogP) is 2.14. The van der Waals surface area contributed by atoms with Crippen LogP contribution in [0.4, 0.5) is 5.69 Å². The highest BCUT2D eigenvalue weighted by atomic mass is 16.2. The fraction of sp³-hybridized carbons (Fsp3) is 0.500. The number of nitrogens with two attached hydrogens (primary N) is 1. The van der Waals surface area contributed by atoms with Crippen LogP contribution in [-0.2, 0) is 4.79 Å². The van der Waals surface area contributed by atoms with E-state index < -0.39 is 5.41 Å². The van der Waals surface area contributed by atoms with Crippen LogP contribution < -0.4 is 16.4 Å². The number of rotatable bonds is 7. The van der Waals surface area contributed by atoms with Crippen LogP contribution in [-0.4, -0.2) is 24.9 Å². The molecule has 1 atom stereocenters. The largest absolute Gasteiger partial charge is 0.352 e. The van der Waals surface area contributed by atoms with E-state index in [1.807, 2.05) is 20.8 Å². The van der Waals surface area contributed by atoms with Gasteiger partial charge in [0.05, 0.1) is 5.41 Å². The Balaban J connectivity index is 2.81. The molecule has 0 aliphatic carbocycles. The molecular weight excluding hydrogens is 266 g/mol. The lowest BCUT2D eigenvalue weighted by molar-refractivity contribution is -0.124. The number of carbonyl (C=O) groups excluding carboxylic acids is 2. The first-order chi connectivity index (χ1) is 9.96. The van der Waals surface area contributed by atoms with E-state index in [0.29, 0.717) is 24.2 Å². The minimum atomic E-state index is -0.597. The molecule has 0 heterocycles. The van der Waals surface area contributed by atoms with Gasteiger partial charge in [0, 0.05) is 24.3 Å². The average molecular weight is 291 g/mol. The van der Waals surface area contributed by atoms with Crippen LogP contribution in [0.15, 0.2) is 24.3 Å². The number of benzene rings is 1. The Morgan fingerprint density at radius 3 is 2.57 bits per heavy atom. The van der Waals surface area contributed by atoms with Gasteiger partial charge in [0.1, 0.15) is 0 Å². The molecule has 1 unspecified atom stereocenters. The van der Waals surface area contributed by atoms with Gasteiger partial charge in [-0.15, -0.1) is 0 Å². The van der Waals surface area contributed by atoms with Gasteiger partial charge in [-0.2, -0.15) is 0 Å². The molecule has 0 saturated carbocycles. The summed E-state index contributed by atoms with van der Waals surface area (Å²) in [6, 6.07) is 6.92. The van der Waals surface area contributed by atoms with Gasteiger partial charge in [-0.3, -0.25) is 9.59 Å². The van der Waals surface area contributed by atoms with Gasteiger partial charge in [-0.05, 0) is 38.0 Å². The monoisotopic (exact) mass is 291 g/mol. The van der Waals surface area contributed by atoms with Gasteiger partial charge in [-0.25, -0.2) is 0 Å². The molecule has 116 valence electrons. The molecule has 1 rings (SSSR count). The van der Waals surface area contributed by atoms with Crippen LogP contribution in [0, 0.1) is 5.41 Å². The molecule has 0 aliphatic rings. The van der Waals surface area contributed by atoms with E-state index in [4.69, 9.17) is 5.73 Å². The molecule has 1 aromatic rings. The molecule has 5 nitrogen and oxygen atoms in total. The Hall–Kier alpha value is -1.88. The molecule has 1 aromatic carbocycles. The predicted molar refractivity (Wildman–Crippen MR) is 85.1 cm³/mol. The lowest BCUT2D eigenvalue weighted by atomic mass is 9.86. The summed E-state index contributed by atoms with van der Waals surface area (Å²) in [6.07, 6.45) is 1.54. The summed E-state index contributed by atoms with van der Waals surface area (Å²) in [4.78, 5) is 24.2. The zero-order valence-corrected chi connectivity index (χ0v) is 13.0. The van der Waals surface area contributed by atoms with E-state index in [0.717, 1.165) is 6.42 Å². The van der Waals surface area contributed by atoms with Crippen molar-refractivity contribution in [2.75, 3.05) is 18.4 Å². The van der Waals surface area contributed by atoms with E-state index in [1.54, 1.807) is 24.3 Å². The smallest absolute Gasteiger partial charge is 0.251 e. The highest BCUT2D eigenvalue weighted by molar-refractivity contribution is 5.98. The van der Waals surface area contributed by atoms with Crippen LogP contribution in [0.3, 0.4) is 0 Å². The second-order valence-corrected chi connectivity index (χ2v) is 5.41. The molecule has 0 aromatic heterocycles. The Bertz CT molecular complexity index is 496. The summed E-state index contributed by atoms with van der Waals surface area (Å²) in [5.74, 6) is -0.261. The Kier molecular flexibility index (Phi) is 6.37. The summed E-state index contributed by atoms with van der Waals surface area (Å²) in [7, 11) is 0. The topological polar surface area (TPSA) is 84.2 Å². The summed E-state index contributed by atoms with van der Waals surface area (Å²) in [5.41, 5.74) is 6.23. The molecule has 4 N–H and O–H groups in total. The van der Waals surface area contributed by atoms with Crippen molar-refractivity contribution in [1.82, 2.24) is 5.32 Å². The van der Waals surface area contributed by atoms with Crippen LogP contribution in [0.1, 0.15) is 44.0 Å². The normalized spacial score (nSPS) is 13.3. The van der Waals surface area contributed by atoms with Gasteiger partial charge >= 0.3 is 0 Å². The maximum atomic E-state index is 12.3. The molecule has 5 heteroatoms. The highest BCUT2D eigenvalue weighted by Crippen LogP contribution is 2.22. The first kappa shape index (κ1) is 17.2. The summed E-state index contributed by atoms with van der Waals surface area (Å²) in [5, 5.41) is 5.65. The second kappa shape index (κ2) is 7.78. The maximum absolute atomic E-state index is 12.3. The van der Waals surface area contributed by atoms with Crippen molar-refractivity contribution in [3.8, 4) is 0 Å². The first-order valence-electron chi connectivity index (χ1n) is 7.36. The van der Waals surface area contributed by atoms with Crippen molar-refractivity contribution in [3.63, 3.8) is 0 Å². The van der Waals surface area contributed by atoms with Gasteiger partial charge in [0.2, 0.25) is 5.91 Å². The summed E-state index contributed by atoms with van der Waals surface area (Å²) >= 11 is 0. The van der Waals surface area contributed by atoms with Crippen molar-refractivity contribution in [3.05, 3.63) is 29.8 Å². The number of carbonyl (C=O) groups is 2. The molecular formula is C16H25N3O2. The number of anilines is 1. The van der Waals surface area contributed by atoms with Gasteiger partial charge < -0.3 is 16.4 Å². The minimum absolute atomic E-state index is 0.126. The lowest BCUT2D eigenvalue weighted by Gasteiger charge is -2.25. The summed E-state index contributed by atoms with van der Waals surface area (Å²) in [6.45, 7) is 6.68. The number of amides is 2. The standard InChI is InChI=1S/C16H25N3O2/c1-4-9-18-14(20)12-7-6-8-13(10-12)19-15(21)16(3,5-2)11-17/h6-8,10H,4-5,9,11,17H2,1-3H3,(H,18,20)(H,19,21). The van der Waals surface area contributed by atoms with Crippen molar-refractivity contribution in [2.24, 2.45) is 11.1 Å². The van der Waals surface area contributed by atoms with E-state index in [-0.39, 0.29) is 18.4 Å². The van der Waals surface area contributed by atoms with E-state index >= 15 is 0 Å². The van der Waals surface area contributed by atoms with E-state index in [1.165, 1.54) is 0 Å². The van der Waals surface area contributed by atoms with Crippen molar-refractivity contribution < 1.29 is 9.59 Å². The van der Waals surface area contributed by atoms with Crippen LogP contribution in [0.2, 0.25) is 0 Å². The van der Waals surface area contributed by atoms with Gasteiger partial charge in [-0.1, -0.05) is 19.9 Å². The van der Waals surface area contributed by atoms with Crippen molar-refractivity contribution in [2.45, 2.75) is 33.6 Å². The molecule has 2 amide bonds. The van der Waals surface area contributed by atoms with Crippen molar-refractivity contribution in [1.29, 1.82) is 0 Å². The molecule has 0 bridgehead atoms. The van der Waals surface area contributed by atoms with Gasteiger partial charge in [0.25, 0.3) is 5.91 Å². The molecule has 0 radical (unpaired) electrons. The molecule has 0 fully saturated rings. The average Bonchev–Trinajstić information content (AvgIpc) is 2.51. The number of hydrogen-bond acceptors (Lipinski definition) is 3. The minimum Gasteiger partial charge on any atom is -0.352 e. The third-order valence-corrected chi connectivity index (χ3v) is 3.70. The maximum Gasteiger partial charge on any atom is 0.251 e. The Morgan fingerprint density at radius 2 is 2.00 bits per heavy atom. The SMILES string of the molecule is CCCNC(=O)c1cccc(NC(=O)C(C)(CC)CN)c1. The molecule has 0 aliphatic heterocycles. The number of nitrogens with one attached hydrogen (secondary N) is 2. The number of hydrogen-bond donors (Lipinski definition) is 3. The van der Waals surface area contributed by atoms with E-state index in [9.17, 15) is 9.59 Å². The zero-order chi connectivity index (χ0) is 15.9.